The van der Waals surface area contributed by atoms with Crippen molar-refractivity contribution in [3.63, 3.8) is 0 Å². The number of rotatable bonds is 5. The molecule has 1 N–H and O–H groups in total. The Morgan fingerprint density at radius 1 is 1.36 bits per heavy atom. The second-order valence-electron chi connectivity index (χ2n) is 5.24. The van der Waals surface area contributed by atoms with Crippen LogP contribution in [0.15, 0.2) is 43.0 Å². The van der Waals surface area contributed by atoms with Gasteiger partial charge in [0, 0.05) is 43.6 Å². The Bertz CT molecular complexity index is 587. The second kappa shape index (κ2) is 7.15. The fourth-order valence-electron chi connectivity index (χ4n) is 2.49. The number of nitrogens with one attached hydrogen (secondary N) is 1. The number of ether oxygens (including phenoxy) is 1. The maximum absolute atomic E-state index is 12.1. The predicted molar refractivity (Wildman–Crippen MR) is 81.3 cm³/mol. The molecule has 0 radical (unpaired) electrons. The van der Waals surface area contributed by atoms with E-state index in [1.807, 2.05) is 16.9 Å². The second-order valence-corrected chi connectivity index (χ2v) is 5.24. The summed E-state index contributed by atoms with van der Waals surface area (Å²) in [6.07, 6.45) is 7.04. The number of amides is 1. The van der Waals surface area contributed by atoms with Crippen molar-refractivity contribution >= 4 is 11.6 Å². The zero-order valence-electron chi connectivity index (χ0n) is 12.3. The first-order valence-corrected chi connectivity index (χ1v) is 7.31. The van der Waals surface area contributed by atoms with Crippen LogP contribution in [0.5, 0.6) is 0 Å². The lowest BCUT2D eigenvalue weighted by Gasteiger charge is -2.32. The number of carbonyl (C=O) groups excluding carboxylic acids is 1. The highest BCUT2D eigenvalue weighted by Crippen LogP contribution is 2.08. The van der Waals surface area contributed by atoms with E-state index in [-0.39, 0.29) is 12.0 Å². The van der Waals surface area contributed by atoms with Gasteiger partial charge in [0.05, 0.1) is 25.8 Å². The molecule has 0 bridgehead atoms. The maximum Gasteiger partial charge on any atom is 0.238 e. The molecule has 0 aliphatic carbocycles. The van der Waals surface area contributed by atoms with Crippen LogP contribution in [0.2, 0.25) is 0 Å². The number of anilines is 1. The van der Waals surface area contributed by atoms with Gasteiger partial charge in [0.15, 0.2) is 0 Å². The molecule has 2 aromatic rings. The Morgan fingerprint density at radius 2 is 2.23 bits per heavy atom. The van der Waals surface area contributed by atoms with Gasteiger partial charge in [-0.3, -0.25) is 19.4 Å². The van der Waals surface area contributed by atoms with E-state index in [1.165, 1.54) is 0 Å². The molecule has 1 aliphatic heterocycles. The van der Waals surface area contributed by atoms with Crippen molar-refractivity contribution in [2.75, 3.05) is 31.6 Å². The van der Waals surface area contributed by atoms with Crippen molar-refractivity contribution in [2.45, 2.75) is 12.6 Å². The molecule has 116 valence electrons. The Hall–Kier alpha value is -2.25. The third-order valence-electron chi connectivity index (χ3n) is 3.50. The molecule has 0 unspecified atom stereocenters. The minimum atomic E-state index is -0.0223. The van der Waals surface area contributed by atoms with Crippen molar-refractivity contribution in [1.29, 1.82) is 0 Å². The summed E-state index contributed by atoms with van der Waals surface area (Å²) in [7, 11) is 0. The van der Waals surface area contributed by atoms with Gasteiger partial charge in [-0.15, -0.1) is 0 Å². The molecule has 0 spiro atoms. The molecule has 2 aromatic heterocycles. The van der Waals surface area contributed by atoms with Gasteiger partial charge < -0.3 is 10.1 Å². The topological polar surface area (TPSA) is 72.3 Å². The minimum absolute atomic E-state index is 0.0223. The average Bonchev–Trinajstić information content (AvgIpc) is 3.01. The molecule has 1 amide bonds. The van der Waals surface area contributed by atoms with E-state index < -0.39 is 0 Å². The van der Waals surface area contributed by atoms with Gasteiger partial charge >= 0.3 is 0 Å². The molecule has 3 rings (SSSR count). The lowest BCUT2D eigenvalue weighted by atomic mass is 10.2. The molecule has 0 aromatic carbocycles. The monoisotopic (exact) mass is 301 g/mol. The van der Waals surface area contributed by atoms with Gasteiger partial charge in [-0.25, -0.2) is 0 Å². The van der Waals surface area contributed by atoms with Gasteiger partial charge in [-0.1, -0.05) is 0 Å². The van der Waals surface area contributed by atoms with Crippen molar-refractivity contribution in [3.8, 4) is 0 Å². The summed E-state index contributed by atoms with van der Waals surface area (Å²) in [5, 5.41) is 7.06. The number of hydrogen-bond donors (Lipinski definition) is 1. The first-order chi connectivity index (χ1) is 10.8. The molecule has 1 aliphatic rings. The molecule has 0 saturated carbocycles. The van der Waals surface area contributed by atoms with Gasteiger partial charge in [-0.2, -0.15) is 5.10 Å². The van der Waals surface area contributed by atoms with Gasteiger partial charge in [0.1, 0.15) is 0 Å². The van der Waals surface area contributed by atoms with Crippen LogP contribution in [-0.4, -0.2) is 57.9 Å². The van der Waals surface area contributed by atoms with Crippen molar-refractivity contribution in [1.82, 2.24) is 19.7 Å². The molecule has 3 heterocycles. The Labute approximate surface area is 128 Å². The standard InChI is InChI=1S/C15H19N5O2/c21-15(18-13-2-5-16-6-3-13)12-19-8-9-22-14(10-19)11-20-7-1-4-17-20/h1-7,14H,8-12H2,(H,16,18,21)/t14-/m1/s1. The summed E-state index contributed by atoms with van der Waals surface area (Å²) in [6, 6.07) is 5.44. The molecule has 1 fully saturated rings. The Morgan fingerprint density at radius 3 is 3.00 bits per heavy atom. The van der Waals surface area contributed by atoms with Crippen LogP contribution in [0.3, 0.4) is 0 Å². The smallest absolute Gasteiger partial charge is 0.238 e. The van der Waals surface area contributed by atoms with Crippen LogP contribution in [-0.2, 0) is 16.1 Å². The highest BCUT2D eigenvalue weighted by molar-refractivity contribution is 5.92. The largest absolute Gasteiger partial charge is 0.374 e. The molecule has 7 nitrogen and oxygen atoms in total. The fraction of sp³-hybridized carbons (Fsp3) is 0.400. The third kappa shape index (κ3) is 4.12. The Balaban J connectivity index is 1.48. The highest BCUT2D eigenvalue weighted by atomic mass is 16.5. The van der Waals surface area contributed by atoms with Crippen molar-refractivity contribution in [2.24, 2.45) is 0 Å². The first-order valence-electron chi connectivity index (χ1n) is 7.31. The van der Waals surface area contributed by atoms with E-state index >= 15 is 0 Å². The quantitative estimate of drug-likeness (QED) is 0.876. The average molecular weight is 301 g/mol. The van der Waals surface area contributed by atoms with Gasteiger partial charge in [0.2, 0.25) is 5.91 Å². The van der Waals surface area contributed by atoms with E-state index in [4.69, 9.17) is 4.74 Å². The number of hydrogen-bond acceptors (Lipinski definition) is 5. The lowest BCUT2D eigenvalue weighted by molar-refractivity contribution is -0.119. The van der Waals surface area contributed by atoms with E-state index in [0.29, 0.717) is 19.7 Å². The van der Waals surface area contributed by atoms with E-state index in [1.54, 1.807) is 30.7 Å². The lowest BCUT2D eigenvalue weighted by Crippen LogP contribution is -2.47. The highest BCUT2D eigenvalue weighted by Gasteiger charge is 2.22. The van der Waals surface area contributed by atoms with Crippen LogP contribution in [0.1, 0.15) is 0 Å². The third-order valence-corrected chi connectivity index (χ3v) is 3.50. The summed E-state index contributed by atoms with van der Waals surface area (Å²) in [5.41, 5.74) is 0.765. The zero-order chi connectivity index (χ0) is 15.2. The first kappa shape index (κ1) is 14.7. The van der Waals surface area contributed by atoms with Crippen LogP contribution in [0, 0.1) is 0 Å². The molecule has 22 heavy (non-hydrogen) atoms. The number of pyridine rings is 1. The summed E-state index contributed by atoms with van der Waals surface area (Å²) in [6.45, 7) is 3.19. The van der Waals surface area contributed by atoms with Crippen LogP contribution in [0.4, 0.5) is 5.69 Å². The number of aromatic nitrogens is 3. The Kier molecular flexibility index (Phi) is 4.77. The number of nitrogens with zero attached hydrogens (tertiary/aromatic N) is 4. The van der Waals surface area contributed by atoms with E-state index in [0.717, 1.165) is 18.8 Å². The SMILES string of the molecule is O=C(CN1CCO[C@@H](Cn2cccn2)C1)Nc1ccncc1. The molecular weight excluding hydrogens is 282 g/mol. The normalized spacial score (nSPS) is 19.0. The minimum Gasteiger partial charge on any atom is -0.374 e. The van der Waals surface area contributed by atoms with E-state index in [9.17, 15) is 4.79 Å². The number of morpholine rings is 1. The van der Waals surface area contributed by atoms with Crippen LogP contribution >= 0.6 is 0 Å². The van der Waals surface area contributed by atoms with Gasteiger partial charge in [0.25, 0.3) is 0 Å². The van der Waals surface area contributed by atoms with Crippen LogP contribution in [0.25, 0.3) is 0 Å². The van der Waals surface area contributed by atoms with Crippen LogP contribution < -0.4 is 5.32 Å². The molecule has 7 heteroatoms. The molecule has 1 saturated heterocycles. The maximum atomic E-state index is 12.1. The van der Waals surface area contributed by atoms with Crippen molar-refractivity contribution in [3.05, 3.63) is 43.0 Å². The van der Waals surface area contributed by atoms with Gasteiger partial charge in [-0.05, 0) is 18.2 Å². The fourth-order valence-corrected chi connectivity index (χ4v) is 2.49. The molecular formula is C15H19N5O2. The zero-order valence-corrected chi connectivity index (χ0v) is 12.3. The summed E-state index contributed by atoms with van der Waals surface area (Å²) in [5.74, 6) is -0.0223. The van der Waals surface area contributed by atoms with E-state index in [2.05, 4.69) is 20.3 Å². The summed E-state index contributed by atoms with van der Waals surface area (Å²) >= 11 is 0. The predicted octanol–water partition coefficient (Wildman–Crippen LogP) is 0.618. The molecule has 1 atom stereocenters. The summed E-state index contributed by atoms with van der Waals surface area (Å²) in [4.78, 5) is 18.1. The number of carbonyl (C=O) groups is 1. The summed E-state index contributed by atoms with van der Waals surface area (Å²) < 4.78 is 7.59. The van der Waals surface area contributed by atoms with Crippen molar-refractivity contribution < 1.29 is 9.53 Å².